The average Bonchev–Trinajstić information content (AvgIpc) is 3.23. The lowest BCUT2D eigenvalue weighted by atomic mass is 9.52. The molecule has 1 saturated heterocycles. The second kappa shape index (κ2) is 5.24. The Morgan fingerprint density at radius 2 is 1.91 bits per heavy atom. The summed E-state index contributed by atoms with van der Waals surface area (Å²) in [4.78, 5) is 2.84. The van der Waals surface area contributed by atoms with Gasteiger partial charge in [-0.25, -0.2) is 0 Å². The van der Waals surface area contributed by atoms with Gasteiger partial charge in [-0.2, -0.15) is 0 Å². The van der Waals surface area contributed by atoms with E-state index in [1.54, 1.807) is 11.1 Å². The van der Waals surface area contributed by atoms with Gasteiger partial charge in [-0.1, -0.05) is 30.7 Å². The number of hydrogen-bond donors (Lipinski definition) is 0. The molecule has 2 unspecified atom stereocenters. The summed E-state index contributed by atoms with van der Waals surface area (Å²) >= 11 is 0. The zero-order valence-electron chi connectivity index (χ0n) is 13.5. The lowest BCUT2D eigenvalue weighted by molar-refractivity contribution is 0.00510. The molecule has 5 rings (SSSR count). The Morgan fingerprint density at radius 1 is 1.05 bits per heavy atom. The molecule has 1 heterocycles. The van der Waals surface area contributed by atoms with Crippen molar-refractivity contribution in [2.24, 2.45) is 11.3 Å². The van der Waals surface area contributed by atoms with Crippen molar-refractivity contribution in [2.75, 3.05) is 19.6 Å². The van der Waals surface area contributed by atoms with Gasteiger partial charge in [0.15, 0.2) is 0 Å². The summed E-state index contributed by atoms with van der Waals surface area (Å²) in [5, 5.41) is 0. The van der Waals surface area contributed by atoms with Gasteiger partial charge in [-0.05, 0) is 74.0 Å². The fourth-order valence-electron chi connectivity index (χ4n) is 6.11. The van der Waals surface area contributed by atoms with Gasteiger partial charge >= 0.3 is 0 Å². The summed E-state index contributed by atoms with van der Waals surface area (Å²) in [6.45, 7) is 4.16. The molecule has 1 nitrogen and oxygen atoms in total. The molecule has 0 aromatic heterocycles. The molecule has 1 aliphatic heterocycles. The molecule has 0 radical (unpaired) electrons. The minimum absolute atomic E-state index is 0. The number of rotatable bonds is 2. The third-order valence-electron chi connectivity index (χ3n) is 7.27. The van der Waals surface area contributed by atoms with Gasteiger partial charge in [0, 0.05) is 18.5 Å². The van der Waals surface area contributed by atoms with E-state index in [1.807, 2.05) is 0 Å². The number of halogens is 1. The lowest BCUT2D eigenvalue weighted by Crippen LogP contribution is -2.57. The largest absolute Gasteiger partial charge is 0.302 e. The summed E-state index contributed by atoms with van der Waals surface area (Å²) < 4.78 is 0. The molecule has 0 amide bonds. The van der Waals surface area contributed by atoms with E-state index < -0.39 is 0 Å². The third-order valence-corrected chi connectivity index (χ3v) is 7.27. The zero-order valence-corrected chi connectivity index (χ0v) is 14.3. The Balaban J connectivity index is 0.00000125. The minimum Gasteiger partial charge on any atom is -0.302 e. The predicted octanol–water partition coefficient (Wildman–Crippen LogP) is 4.58. The molecule has 3 fully saturated rings. The van der Waals surface area contributed by atoms with Crippen molar-refractivity contribution in [3.05, 3.63) is 35.4 Å². The standard InChI is InChI=1S/C20H27N.ClH/c1-2-5-18-17(4-1)8-11-19-9-3-10-20(18,19)12-13-21(15-19)14-16-6-7-16;/h1-2,4-5,16H,3,6-15H2;1H. The molecular formula is C20H28ClN. The van der Waals surface area contributed by atoms with Gasteiger partial charge in [0.1, 0.15) is 0 Å². The van der Waals surface area contributed by atoms with Crippen molar-refractivity contribution in [2.45, 2.75) is 56.8 Å². The molecular weight excluding hydrogens is 290 g/mol. The van der Waals surface area contributed by atoms with Gasteiger partial charge in [0.05, 0.1) is 0 Å². The number of nitrogens with zero attached hydrogens (tertiary/aromatic N) is 1. The predicted molar refractivity (Wildman–Crippen MR) is 93.8 cm³/mol. The summed E-state index contributed by atoms with van der Waals surface area (Å²) in [6.07, 6.45) is 11.6. The number of fused-ring (bicyclic) bond motifs is 1. The van der Waals surface area contributed by atoms with Gasteiger partial charge in [0.2, 0.25) is 0 Å². The van der Waals surface area contributed by atoms with Crippen molar-refractivity contribution >= 4 is 12.4 Å². The molecule has 2 saturated carbocycles. The maximum Gasteiger partial charge on any atom is 0.00468 e. The molecule has 0 bridgehead atoms. The molecule has 0 N–H and O–H groups in total. The van der Waals surface area contributed by atoms with Crippen LogP contribution in [-0.2, 0) is 11.8 Å². The van der Waals surface area contributed by atoms with Crippen LogP contribution in [0, 0.1) is 11.3 Å². The van der Waals surface area contributed by atoms with Crippen LogP contribution in [0.25, 0.3) is 0 Å². The van der Waals surface area contributed by atoms with Crippen LogP contribution in [0.4, 0.5) is 0 Å². The first-order valence-corrected chi connectivity index (χ1v) is 9.12. The van der Waals surface area contributed by atoms with Crippen LogP contribution in [0.2, 0.25) is 0 Å². The van der Waals surface area contributed by atoms with E-state index in [1.165, 1.54) is 71.0 Å². The van der Waals surface area contributed by atoms with E-state index >= 15 is 0 Å². The second-order valence-corrected chi connectivity index (χ2v) is 8.30. The van der Waals surface area contributed by atoms with Crippen LogP contribution in [-0.4, -0.2) is 24.5 Å². The smallest absolute Gasteiger partial charge is 0.00468 e. The van der Waals surface area contributed by atoms with Crippen molar-refractivity contribution in [1.82, 2.24) is 4.90 Å². The van der Waals surface area contributed by atoms with E-state index in [4.69, 9.17) is 0 Å². The van der Waals surface area contributed by atoms with Crippen molar-refractivity contribution in [1.29, 1.82) is 0 Å². The number of benzene rings is 1. The molecule has 120 valence electrons. The van der Waals surface area contributed by atoms with Crippen LogP contribution in [0.15, 0.2) is 24.3 Å². The Kier molecular flexibility index (Phi) is 3.58. The fourth-order valence-corrected chi connectivity index (χ4v) is 6.11. The Hall–Kier alpha value is -0.530. The first-order chi connectivity index (χ1) is 10.3. The first-order valence-electron chi connectivity index (χ1n) is 9.12. The van der Waals surface area contributed by atoms with E-state index in [-0.39, 0.29) is 12.4 Å². The molecule has 22 heavy (non-hydrogen) atoms. The van der Waals surface area contributed by atoms with E-state index in [0.717, 1.165) is 5.92 Å². The summed E-state index contributed by atoms with van der Waals surface area (Å²) in [5.41, 5.74) is 4.58. The van der Waals surface area contributed by atoms with Gasteiger partial charge in [0.25, 0.3) is 0 Å². The second-order valence-electron chi connectivity index (χ2n) is 8.30. The first kappa shape index (κ1) is 15.0. The summed E-state index contributed by atoms with van der Waals surface area (Å²) in [6, 6.07) is 9.42. The highest BCUT2D eigenvalue weighted by atomic mass is 35.5. The fraction of sp³-hybridized carbons (Fsp3) is 0.700. The SMILES string of the molecule is Cl.c1ccc2c(c1)CCC13CCCC21CCN(CC1CC1)C3. The minimum atomic E-state index is 0. The monoisotopic (exact) mass is 317 g/mol. The van der Waals surface area contributed by atoms with E-state index in [2.05, 4.69) is 29.2 Å². The molecule has 1 aromatic carbocycles. The topological polar surface area (TPSA) is 3.24 Å². The summed E-state index contributed by atoms with van der Waals surface area (Å²) in [5.74, 6) is 1.05. The number of likely N-dealkylation sites (tertiary alicyclic amines) is 1. The van der Waals surface area contributed by atoms with E-state index in [9.17, 15) is 0 Å². The normalized spacial score (nSPS) is 36.9. The van der Waals surface area contributed by atoms with Gasteiger partial charge < -0.3 is 4.90 Å². The van der Waals surface area contributed by atoms with Gasteiger partial charge in [-0.15, -0.1) is 12.4 Å². The van der Waals surface area contributed by atoms with Crippen LogP contribution >= 0.6 is 12.4 Å². The molecule has 2 atom stereocenters. The Morgan fingerprint density at radius 3 is 2.77 bits per heavy atom. The highest BCUT2D eigenvalue weighted by Gasteiger charge is 2.59. The van der Waals surface area contributed by atoms with Crippen LogP contribution < -0.4 is 0 Å². The van der Waals surface area contributed by atoms with Crippen LogP contribution in [0.3, 0.4) is 0 Å². The number of hydrogen-bond acceptors (Lipinski definition) is 1. The third kappa shape index (κ3) is 2.01. The number of aryl methyl sites for hydroxylation is 1. The maximum atomic E-state index is 2.84. The zero-order chi connectivity index (χ0) is 13.9. The van der Waals surface area contributed by atoms with Crippen molar-refractivity contribution in [3.63, 3.8) is 0 Å². The maximum absolute atomic E-state index is 2.84. The average molecular weight is 318 g/mol. The molecule has 0 spiro atoms. The van der Waals surface area contributed by atoms with Crippen molar-refractivity contribution in [3.8, 4) is 0 Å². The molecule has 1 aromatic rings. The highest BCUT2D eigenvalue weighted by Crippen LogP contribution is 2.63. The molecule has 2 heteroatoms. The lowest BCUT2D eigenvalue weighted by Gasteiger charge is -2.57. The molecule has 3 aliphatic carbocycles. The summed E-state index contributed by atoms with van der Waals surface area (Å²) in [7, 11) is 0. The number of piperidine rings is 1. The van der Waals surface area contributed by atoms with E-state index in [0.29, 0.717) is 10.8 Å². The van der Waals surface area contributed by atoms with Crippen LogP contribution in [0.5, 0.6) is 0 Å². The van der Waals surface area contributed by atoms with Crippen LogP contribution in [0.1, 0.15) is 56.1 Å². The Labute approximate surface area is 140 Å². The van der Waals surface area contributed by atoms with Crippen molar-refractivity contribution < 1.29 is 0 Å². The Bertz CT molecular complexity index is 567. The van der Waals surface area contributed by atoms with Gasteiger partial charge in [-0.3, -0.25) is 0 Å². The molecule has 4 aliphatic rings. The quantitative estimate of drug-likeness (QED) is 0.772. The highest BCUT2D eigenvalue weighted by molar-refractivity contribution is 5.85.